The maximum absolute atomic E-state index is 13.5. The Morgan fingerprint density at radius 1 is 1.27 bits per heavy atom. The van der Waals surface area contributed by atoms with E-state index < -0.39 is 0 Å². The molecule has 0 aliphatic rings. The van der Waals surface area contributed by atoms with Crippen molar-refractivity contribution in [2.45, 2.75) is 52.5 Å². The number of benzene rings is 1. The molecular weight excluding hydrogens is 349 g/mol. The summed E-state index contributed by atoms with van der Waals surface area (Å²) in [6, 6.07) is 8.20. The molecule has 1 atom stereocenters. The summed E-state index contributed by atoms with van der Waals surface area (Å²) in [7, 11) is 0. The third-order valence-electron chi connectivity index (χ3n) is 4.50. The van der Waals surface area contributed by atoms with Gasteiger partial charge in [0.1, 0.15) is 5.82 Å². The number of ether oxygens (including phenoxy) is 1. The number of hydrogen-bond donors (Lipinski definition) is 0. The first-order valence-corrected chi connectivity index (χ1v) is 10.3. The molecule has 1 amide bonds. The fourth-order valence-corrected chi connectivity index (χ4v) is 3.49. The van der Waals surface area contributed by atoms with Gasteiger partial charge in [-0.25, -0.2) is 9.18 Å². The molecule has 1 heterocycles. The second-order valence-corrected chi connectivity index (χ2v) is 7.32. The predicted octanol–water partition coefficient (Wildman–Crippen LogP) is 6.64. The van der Waals surface area contributed by atoms with Gasteiger partial charge in [0.25, 0.3) is 0 Å². The van der Waals surface area contributed by atoms with E-state index in [1.165, 1.54) is 42.7 Å². The molecule has 0 aliphatic heterocycles. The number of nitrogens with zero attached hydrogens (tertiary/aromatic N) is 1. The quantitative estimate of drug-likeness (QED) is 0.435. The minimum absolute atomic E-state index is 0.292. The van der Waals surface area contributed by atoms with Gasteiger partial charge in [-0.05, 0) is 41.5 Å². The predicted molar refractivity (Wildman–Crippen MR) is 106 cm³/mol. The van der Waals surface area contributed by atoms with Gasteiger partial charge in [-0.3, -0.25) is 4.90 Å². The fourth-order valence-electron chi connectivity index (χ4n) is 2.85. The monoisotopic (exact) mass is 377 g/mol. The van der Waals surface area contributed by atoms with Crippen LogP contribution in [0.2, 0.25) is 0 Å². The van der Waals surface area contributed by atoms with Crippen molar-refractivity contribution in [2.75, 3.05) is 11.5 Å². The summed E-state index contributed by atoms with van der Waals surface area (Å²) >= 11 is 1.52. The molecule has 1 aromatic carbocycles. The highest BCUT2D eigenvalue weighted by Gasteiger charge is 2.20. The Bertz CT molecular complexity index is 660. The van der Waals surface area contributed by atoms with Crippen molar-refractivity contribution in [1.82, 2.24) is 0 Å². The van der Waals surface area contributed by atoms with Crippen LogP contribution in [-0.2, 0) is 11.3 Å². The van der Waals surface area contributed by atoms with Crippen LogP contribution in [0.4, 0.5) is 14.9 Å². The zero-order valence-electron chi connectivity index (χ0n) is 15.6. The van der Waals surface area contributed by atoms with E-state index in [-0.39, 0.29) is 11.9 Å². The summed E-state index contributed by atoms with van der Waals surface area (Å²) in [5.74, 6) is 0.0899. The van der Waals surface area contributed by atoms with E-state index in [1.807, 2.05) is 22.9 Å². The van der Waals surface area contributed by atoms with Crippen molar-refractivity contribution in [1.29, 1.82) is 0 Å². The number of anilines is 1. The van der Waals surface area contributed by atoms with Crippen LogP contribution in [0.1, 0.15) is 51.5 Å². The van der Waals surface area contributed by atoms with E-state index in [0.717, 1.165) is 24.1 Å². The van der Waals surface area contributed by atoms with Crippen molar-refractivity contribution in [3.8, 4) is 0 Å². The molecule has 142 valence electrons. The van der Waals surface area contributed by atoms with Crippen molar-refractivity contribution in [2.24, 2.45) is 5.92 Å². The lowest BCUT2D eigenvalue weighted by atomic mass is 10.00. The average molecular weight is 378 g/mol. The van der Waals surface area contributed by atoms with Gasteiger partial charge in [0.15, 0.2) is 0 Å². The molecule has 3 nitrogen and oxygen atoms in total. The van der Waals surface area contributed by atoms with Crippen LogP contribution in [0.3, 0.4) is 0 Å². The first-order chi connectivity index (χ1) is 12.6. The summed E-state index contributed by atoms with van der Waals surface area (Å²) in [6.07, 6.45) is 5.28. The first kappa shape index (κ1) is 20.4. The van der Waals surface area contributed by atoms with Gasteiger partial charge in [0, 0.05) is 5.38 Å². The van der Waals surface area contributed by atoms with Crippen LogP contribution in [0, 0.1) is 11.7 Å². The Labute approximate surface area is 159 Å². The van der Waals surface area contributed by atoms with Crippen LogP contribution in [-0.4, -0.2) is 12.7 Å². The highest BCUT2D eigenvalue weighted by molar-refractivity contribution is 7.08. The van der Waals surface area contributed by atoms with Crippen LogP contribution < -0.4 is 4.90 Å². The lowest BCUT2D eigenvalue weighted by Gasteiger charge is -2.23. The first-order valence-electron chi connectivity index (χ1n) is 9.35. The highest BCUT2D eigenvalue weighted by atomic mass is 32.1. The fraction of sp³-hybridized carbons (Fsp3) is 0.476. The van der Waals surface area contributed by atoms with Gasteiger partial charge in [0.05, 0.1) is 18.8 Å². The summed E-state index contributed by atoms with van der Waals surface area (Å²) in [5.41, 5.74) is 1.52. The molecular formula is C21H28FNO2S. The standard InChI is InChI=1S/C21H28FNO2S/c1-3-5-6-8-17(4-2)15-25-21(24)23(20-11-12-26-16-20)14-18-9-7-10-19(22)13-18/h7,9-13,16-17H,3-6,8,14-15H2,1-2H3. The van der Waals surface area contributed by atoms with Gasteiger partial charge in [0.2, 0.25) is 0 Å². The molecule has 0 fully saturated rings. The maximum Gasteiger partial charge on any atom is 0.414 e. The van der Waals surface area contributed by atoms with Crippen molar-refractivity contribution < 1.29 is 13.9 Å². The molecule has 0 radical (unpaired) electrons. The van der Waals surface area contributed by atoms with Crippen molar-refractivity contribution in [3.63, 3.8) is 0 Å². The normalized spacial score (nSPS) is 12.0. The molecule has 26 heavy (non-hydrogen) atoms. The number of hydrogen-bond acceptors (Lipinski definition) is 3. The number of thiophene rings is 1. The Balaban J connectivity index is 1.99. The second kappa shape index (κ2) is 11.0. The van der Waals surface area contributed by atoms with E-state index in [9.17, 15) is 9.18 Å². The van der Waals surface area contributed by atoms with Crippen LogP contribution in [0.25, 0.3) is 0 Å². The summed E-state index contributed by atoms with van der Waals surface area (Å²) < 4.78 is 19.1. The van der Waals surface area contributed by atoms with Gasteiger partial charge >= 0.3 is 6.09 Å². The van der Waals surface area contributed by atoms with Crippen molar-refractivity contribution >= 4 is 23.1 Å². The Kier molecular flexibility index (Phi) is 8.62. The molecule has 0 spiro atoms. The molecule has 0 aliphatic carbocycles. The molecule has 0 N–H and O–H groups in total. The lowest BCUT2D eigenvalue weighted by molar-refractivity contribution is 0.129. The minimum atomic E-state index is -0.374. The third kappa shape index (κ3) is 6.45. The van der Waals surface area contributed by atoms with Gasteiger partial charge < -0.3 is 4.74 Å². The minimum Gasteiger partial charge on any atom is -0.449 e. The van der Waals surface area contributed by atoms with E-state index in [4.69, 9.17) is 4.74 Å². The molecule has 0 saturated heterocycles. The topological polar surface area (TPSA) is 29.5 Å². The molecule has 0 saturated carbocycles. The van der Waals surface area contributed by atoms with Gasteiger partial charge in [-0.15, -0.1) is 0 Å². The zero-order chi connectivity index (χ0) is 18.8. The Hall–Kier alpha value is -1.88. The number of carbonyl (C=O) groups is 1. The molecule has 5 heteroatoms. The van der Waals surface area contributed by atoms with E-state index in [2.05, 4.69) is 13.8 Å². The van der Waals surface area contributed by atoms with Gasteiger partial charge in [-0.2, -0.15) is 11.3 Å². The number of halogens is 1. The van der Waals surface area contributed by atoms with Crippen LogP contribution in [0.15, 0.2) is 41.1 Å². The Morgan fingerprint density at radius 2 is 2.12 bits per heavy atom. The Morgan fingerprint density at radius 3 is 2.77 bits per heavy atom. The molecule has 2 rings (SSSR count). The second-order valence-electron chi connectivity index (χ2n) is 6.54. The molecule has 0 bridgehead atoms. The van der Waals surface area contributed by atoms with E-state index >= 15 is 0 Å². The molecule has 1 aromatic heterocycles. The third-order valence-corrected chi connectivity index (χ3v) is 5.17. The zero-order valence-corrected chi connectivity index (χ0v) is 16.4. The number of unbranched alkanes of at least 4 members (excludes halogenated alkanes) is 2. The highest BCUT2D eigenvalue weighted by Crippen LogP contribution is 2.23. The SMILES string of the molecule is CCCCCC(CC)COC(=O)N(Cc1cccc(F)c1)c1ccsc1. The largest absolute Gasteiger partial charge is 0.449 e. The van der Waals surface area contributed by atoms with E-state index in [0.29, 0.717) is 19.1 Å². The average Bonchev–Trinajstić information content (AvgIpc) is 3.16. The van der Waals surface area contributed by atoms with Crippen LogP contribution in [0.5, 0.6) is 0 Å². The maximum atomic E-state index is 13.5. The summed E-state index contributed by atoms with van der Waals surface area (Å²) in [4.78, 5) is 14.3. The smallest absolute Gasteiger partial charge is 0.414 e. The van der Waals surface area contributed by atoms with Gasteiger partial charge in [-0.1, -0.05) is 51.7 Å². The van der Waals surface area contributed by atoms with E-state index in [1.54, 1.807) is 11.0 Å². The number of rotatable bonds is 10. The summed E-state index contributed by atoms with van der Waals surface area (Å²) in [6.45, 7) is 5.04. The van der Waals surface area contributed by atoms with Crippen molar-refractivity contribution in [3.05, 3.63) is 52.5 Å². The summed E-state index contributed by atoms with van der Waals surface area (Å²) in [5, 5.41) is 3.82. The molecule has 1 unspecified atom stereocenters. The van der Waals surface area contributed by atoms with Crippen LogP contribution >= 0.6 is 11.3 Å². The molecule has 2 aromatic rings. The number of carbonyl (C=O) groups excluding carboxylic acids is 1. The number of amides is 1. The lowest BCUT2D eigenvalue weighted by Crippen LogP contribution is -2.32.